The monoisotopic (exact) mass is 238 g/mol. The van der Waals surface area contributed by atoms with Crippen LogP contribution in [0.15, 0.2) is 17.2 Å². The second-order valence-electron chi connectivity index (χ2n) is 4.23. The fourth-order valence-corrected chi connectivity index (χ4v) is 2.13. The third-order valence-electron chi connectivity index (χ3n) is 2.96. The van der Waals surface area contributed by atoms with Crippen molar-refractivity contribution in [2.24, 2.45) is 0 Å². The lowest BCUT2D eigenvalue weighted by molar-refractivity contribution is 0.300. The first kappa shape index (κ1) is 12.1. The Morgan fingerprint density at radius 1 is 1.59 bits per heavy atom. The molecular formula is C11H18N4O2. The Labute approximate surface area is 99.7 Å². The van der Waals surface area contributed by atoms with Crippen LogP contribution in [0.1, 0.15) is 12.8 Å². The Balaban J connectivity index is 2.07. The van der Waals surface area contributed by atoms with Crippen molar-refractivity contribution < 1.29 is 5.11 Å². The average Bonchev–Trinajstić information content (AvgIpc) is 2.81. The number of aliphatic hydroxyl groups is 1. The summed E-state index contributed by atoms with van der Waals surface area (Å²) in [5.74, 6) is 0.622. The number of aromatic amines is 1. The van der Waals surface area contributed by atoms with Crippen LogP contribution in [0.5, 0.6) is 0 Å². The number of anilines is 1. The van der Waals surface area contributed by atoms with Gasteiger partial charge in [-0.1, -0.05) is 0 Å². The lowest BCUT2D eigenvalue weighted by atomic mass is 10.2. The van der Waals surface area contributed by atoms with Crippen LogP contribution in [0.2, 0.25) is 0 Å². The first-order valence-corrected chi connectivity index (χ1v) is 5.93. The summed E-state index contributed by atoms with van der Waals surface area (Å²) in [6, 6.07) is 1.88. The van der Waals surface area contributed by atoms with Crippen molar-refractivity contribution in [3.05, 3.63) is 22.7 Å². The molecule has 1 aliphatic rings. The highest BCUT2D eigenvalue weighted by molar-refractivity contribution is 5.36. The highest BCUT2D eigenvalue weighted by atomic mass is 16.3. The van der Waals surface area contributed by atoms with E-state index in [9.17, 15) is 4.79 Å². The molecule has 1 aliphatic heterocycles. The van der Waals surface area contributed by atoms with Crippen molar-refractivity contribution in [2.45, 2.75) is 18.9 Å². The Hall–Kier alpha value is -1.40. The molecule has 1 saturated heterocycles. The predicted molar refractivity (Wildman–Crippen MR) is 65.2 cm³/mol. The van der Waals surface area contributed by atoms with Gasteiger partial charge in [0, 0.05) is 25.2 Å². The van der Waals surface area contributed by atoms with Crippen LogP contribution in [-0.2, 0) is 0 Å². The van der Waals surface area contributed by atoms with Crippen molar-refractivity contribution in [3.8, 4) is 0 Å². The minimum atomic E-state index is -0.169. The summed E-state index contributed by atoms with van der Waals surface area (Å²) in [5, 5.41) is 12.5. The lowest BCUT2D eigenvalue weighted by Crippen LogP contribution is -2.39. The summed E-state index contributed by atoms with van der Waals surface area (Å²) in [4.78, 5) is 19.8. The molecule has 0 radical (unpaired) electrons. The van der Waals surface area contributed by atoms with E-state index in [1.54, 1.807) is 0 Å². The summed E-state index contributed by atoms with van der Waals surface area (Å²) >= 11 is 0. The van der Waals surface area contributed by atoms with Crippen LogP contribution in [0.3, 0.4) is 0 Å². The second kappa shape index (κ2) is 5.79. The molecule has 17 heavy (non-hydrogen) atoms. The van der Waals surface area contributed by atoms with Crippen LogP contribution in [0.25, 0.3) is 0 Å². The van der Waals surface area contributed by atoms with Gasteiger partial charge >= 0.3 is 0 Å². The maximum atomic E-state index is 11.2. The van der Waals surface area contributed by atoms with Crippen LogP contribution in [-0.4, -0.2) is 47.4 Å². The molecule has 1 fully saturated rings. The van der Waals surface area contributed by atoms with E-state index in [1.807, 2.05) is 4.90 Å². The fraction of sp³-hybridized carbons (Fsp3) is 0.636. The third kappa shape index (κ3) is 3.28. The summed E-state index contributed by atoms with van der Waals surface area (Å²) < 4.78 is 0. The summed E-state index contributed by atoms with van der Waals surface area (Å²) in [6.45, 7) is 2.37. The zero-order valence-corrected chi connectivity index (χ0v) is 9.72. The summed E-state index contributed by atoms with van der Waals surface area (Å²) in [5.41, 5.74) is -0.169. The van der Waals surface area contributed by atoms with Gasteiger partial charge in [-0.3, -0.25) is 4.79 Å². The van der Waals surface area contributed by atoms with Gasteiger partial charge in [-0.05, 0) is 19.4 Å². The molecule has 0 saturated carbocycles. The van der Waals surface area contributed by atoms with Gasteiger partial charge in [-0.25, -0.2) is 4.98 Å². The number of hydrogen-bond acceptors (Lipinski definition) is 5. The number of aromatic nitrogens is 2. The SMILES string of the molecule is O=c1cc(N(CCO)CC2CCCN2)nc[nH]1. The quantitative estimate of drug-likeness (QED) is 0.633. The van der Waals surface area contributed by atoms with Gasteiger partial charge in [0.15, 0.2) is 0 Å². The molecule has 1 unspecified atom stereocenters. The molecule has 2 rings (SSSR count). The number of aliphatic hydroxyl groups excluding tert-OH is 1. The molecule has 1 aromatic rings. The maximum Gasteiger partial charge on any atom is 0.252 e. The Morgan fingerprint density at radius 3 is 3.12 bits per heavy atom. The molecule has 2 heterocycles. The molecule has 94 valence electrons. The van der Waals surface area contributed by atoms with Crippen molar-refractivity contribution in [2.75, 3.05) is 31.1 Å². The minimum absolute atomic E-state index is 0.0567. The molecule has 0 aliphatic carbocycles. The van der Waals surface area contributed by atoms with Crippen LogP contribution in [0.4, 0.5) is 5.82 Å². The molecular weight excluding hydrogens is 220 g/mol. The normalized spacial score (nSPS) is 19.5. The van der Waals surface area contributed by atoms with E-state index in [0.717, 1.165) is 19.5 Å². The summed E-state index contributed by atoms with van der Waals surface area (Å²) in [6.07, 6.45) is 3.70. The molecule has 1 aromatic heterocycles. The van der Waals surface area contributed by atoms with Gasteiger partial charge in [0.05, 0.1) is 12.9 Å². The Kier molecular flexibility index (Phi) is 4.11. The first-order chi connectivity index (χ1) is 8.29. The average molecular weight is 238 g/mol. The van der Waals surface area contributed by atoms with E-state index in [2.05, 4.69) is 15.3 Å². The molecule has 3 N–H and O–H groups in total. The second-order valence-corrected chi connectivity index (χ2v) is 4.23. The van der Waals surface area contributed by atoms with Gasteiger partial charge in [0.2, 0.25) is 0 Å². The number of nitrogens with zero attached hydrogens (tertiary/aromatic N) is 2. The first-order valence-electron chi connectivity index (χ1n) is 5.93. The van der Waals surface area contributed by atoms with Crippen LogP contribution >= 0.6 is 0 Å². The van der Waals surface area contributed by atoms with Crippen LogP contribution < -0.4 is 15.8 Å². The maximum absolute atomic E-state index is 11.2. The van der Waals surface area contributed by atoms with Crippen molar-refractivity contribution in [1.82, 2.24) is 15.3 Å². The molecule has 0 bridgehead atoms. The smallest absolute Gasteiger partial charge is 0.252 e. The van der Waals surface area contributed by atoms with E-state index in [1.165, 1.54) is 18.8 Å². The van der Waals surface area contributed by atoms with E-state index < -0.39 is 0 Å². The van der Waals surface area contributed by atoms with E-state index >= 15 is 0 Å². The van der Waals surface area contributed by atoms with Gasteiger partial charge in [-0.15, -0.1) is 0 Å². The molecule has 6 nitrogen and oxygen atoms in total. The van der Waals surface area contributed by atoms with Crippen molar-refractivity contribution in [1.29, 1.82) is 0 Å². The van der Waals surface area contributed by atoms with Crippen molar-refractivity contribution >= 4 is 5.82 Å². The minimum Gasteiger partial charge on any atom is -0.395 e. The van der Waals surface area contributed by atoms with Gasteiger partial charge < -0.3 is 20.3 Å². The highest BCUT2D eigenvalue weighted by Gasteiger charge is 2.18. The fourth-order valence-electron chi connectivity index (χ4n) is 2.13. The van der Waals surface area contributed by atoms with E-state index in [4.69, 9.17) is 5.11 Å². The molecule has 0 aromatic carbocycles. The Bertz CT molecular complexity index is 400. The zero-order valence-electron chi connectivity index (χ0n) is 9.72. The molecule has 0 spiro atoms. The largest absolute Gasteiger partial charge is 0.395 e. The van der Waals surface area contributed by atoms with Gasteiger partial charge in [0.25, 0.3) is 5.56 Å². The molecule has 0 amide bonds. The molecule has 1 atom stereocenters. The van der Waals surface area contributed by atoms with E-state index in [0.29, 0.717) is 18.4 Å². The van der Waals surface area contributed by atoms with E-state index in [-0.39, 0.29) is 12.2 Å². The number of rotatable bonds is 5. The number of H-pyrrole nitrogens is 1. The topological polar surface area (TPSA) is 81.2 Å². The summed E-state index contributed by atoms with van der Waals surface area (Å²) in [7, 11) is 0. The Morgan fingerprint density at radius 2 is 2.47 bits per heavy atom. The number of hydrogen-bond donors (Lipinski definition) is 3. The third-order valence-corrected chi connectivity index (χ3v) is 2.96. The standard InChI is InChI=1S/C11H18N4O2/c16-5-4-15(7-9-2-1-3-12-9)10-6-11(17)14-8-13-10/h6,8-9,12,16H,1-5,7H2,(H,13,14,17). The highest BCUT2D eigenvalue weighted by Crippen LogP contribution is 2.11. The van der Waals surface area contributed by atoms with Gasteiger partial charge in [0.1, 0.15) is 5.82 Å². The van der Waals surface area contributed by atoms with Gasteiger partial charge in [-0.2, -0.15) is 0 Å². The van der Waals surface area contributed by atoms with Crippen molar-refractivity contribution in [3.63, 3.8) is 0 Å². The van der Waals surface area contributed by atoms with Crippen LogP contribution in [0, 0.1) is 0 Å². The number of nitrogens with one attached hydrogen (secondary N) is 2. The zero-order chi connectivity index (χ0) is 12.1. The molecule has 6 heteroatoms. The lowest BCUT2D eigenvalue weighted by Gasteiger charge is -2.25. The predicted octanol–water partition coefficient (Wildman–Crippen LogP) is -0.679.